The Kier molecular flexibility index (Phi) is 5.35. The third-order valence-corrected chi connectivity index (χ3v) is 7.72. The molecule has 0 spiro atoms. The van der Waals surface area contributed by atoms with Gasteiger partial charge in [-0.2, -0.15) is 0 Å². The number of thioether (sulfide) groups is 1. The molecule has 6 aromatic rings. The number of benzene rings is 3. The molecular formula is C26H18N4O3S2. The van der Waals surface area contributed by atoms with Crippen LogP contribution in [0.1, 0.15) is 21.8 Å². The van der Waals surface area contributed by atoms with E-state index in [-0.39, 0.29) is 11.5 Å². The largest absolute Gasteiger partial charge is 0.375 e. The molecule has 0 atom stereocenters. The molecule has 0 unspecified atom stereocenters. The van der Waals surface area contributed by atoms with Gasteiger partial charge in [0, 0.05) is 29.1 Å². The molecule has 0 aliphatic carbocycles. The van der Waals surface area contributed by atoms with Crippen LogP contribution in [0, 0.1) is 6.92 Å². The quantitative estimate of drug-likeness (QED) is 0.298. The van der Waals surface area contributed by atoms with Crippen LogP contribution in [0.15, 0.2) is 86.5 Å². The summed E-state index contributed by atoms with van der Waals surface area (Å²) in [6.45, 7) is 1.78. The van der Waals surface area contributed by atoms with Gasteiger partial charge < -0.3 is 9.84 Å². The highest BCUT2D eigenvalue weighted by Gasteiger charge is 2.13. The third kappa shape index (κ3) is 4.20. The summed E-state index contributed by atoms with van der Waals surface area (Å²) in [5, 5.41) is 4.96. The molecule has 3 heterocycles. The summed E-state index contributed by atoms with van der Waals surface area (Å²) in [4.78, 5) is 34.4. The highest BCUT2D eigenvalue weighted by Crippen LogP contribution is 2.33. The number of hydrogen-bond acceptors (Lipinski definition) is 7. The minimum Gasteiger partial charge on any atom is -0.375 e. The lowest BCUT2D eigenvalue weighted by Gasteiger charge is -2.08. The number of carbonyl (C=O) groups is 1. The van der Waals surface area contributed by atoms with Gasteiger partial charge >= 0.3 is 0 Å². The van der Waals surface area contributed by atoms with Crippen molar-refractivity contribution >= 4 is 61.3 Å². The molecule has 172 valence electrons. The number of nitrogens with one attached hydrogen (secondary N) is 1. The monoisotopic (exact) mass is 498 g/mol. The number of carbonyl (C=O) groups excluding carboxylic acids is 1. The Labute approximate surface area is 207 Å². The summed E-state index contributed by atoms with van der Waals surface area (Å²) in [5.41, 5.74) is 3.14. The lowest BCUT2D eigenvalue weighted by Crippen LogP contribution is -2.12. The van der Waals surface area contributed by atoms with Crippen molar-refractivity contribution in [2.45, 2.75) is 17.0 Å². The topological polar surface area (TPSA) is 89.5 Å². The first-order valence-electron chi connectivity index (χ1n) is 10.9. The molecule has 3 aromatic heterocycles. The fourth-order valence-corrected chi connectivity index (χ4v) is 5.95. The zero-order chi connectivity index (χ0) is 23.9. The highest BCUT2D eigenvalue weighted by atomic mass is 32.2. The predicted octanol–water partition coefficient (Wildman–Crippen LogP) is 5.90. The molecule has 7 nitrogen and oxygen atoms in total. The van der Waals surface area contributed by atoms with Crippen LogP contribution in [0.5, 0.6) is 0 Å². The Morgan fingerprint density at radius 2 is 1.91 bits per heavy atom. The van der Waals surface area contributed by atoms with Crippen LogP contribution < -0.4 is 10.9 Å². The normalized spacial score (nSPS) is 11.5. The summed E-state index contributed by atoms with van der Waals surface area (Å²) in [6.07, 6.45) is 0. The van der Waals surface area contributed by atoms with Gasteiger partial charge in [0.1, 0.15) is 5.76 Å². The molecule has 1 amide bonds. The summed E-state index contributed by atoms with van der Waals surface area (Å²) in [5.74, 6) is 0.997. The third-order valence-electron chi connectivity index (χ3n) is 5.53. The maximum absolute atomic E-state index is 13.0. The van der Waals surface area contributed by atoms with Crippen LogP contribution in [0.3, 0.4) is 0 Å². The summed E-state index contributed by atoms with van der Waals surface area (Å²) in [6, 6.07) is 22.5. The van der Waals surface area contributed by atoms with E-state index in [0.29, 0.717) is 34.1 Å². The molecule has 0 aliphatic rings. The molecule has 9 heteroatoms. The second-order valence-corrected chi connectivity index (χ2v) is 10.3. The maximum atomic E-state index is 13.0. The van der Waals surface area contributed by atoms with Gasteiger partial charge in [0.2, 0.25) is 0 Å². The van der Waals surface area contributed by atoms with Gasteiger partial charge in [-0.05, 0) is 42.0 Å². The Morgan fingerprint density at radius 3 is 2.83 bits per heavy atom. The zero-order valence-electron chi connectivity index (χ0n) is 18.5. The first kappa shape index (κ1) is 21.6. The van der Waals surface area contributed by atoms with Crippen molar-refractivity contribution in [3.63, 3.8) is 0 Å². The van der Waals surface area contributed by atoms with E-state index < -0.39 is 0 Å². The molecule has 0 saturated carbocycles. The lowest BCUT2D eigenvalue weighted by molar-refractivity contribution is 0.102. The van der Waals surface area contributed by atoms with E-state index in [1.54, 1.807) is 13.0 Å². The van der Waals surface area contributed by atoms with E-state index in [2.05, 4.69) is 15.3 Å². The molecule has 1 N–H and O–H groups in total. The van der Waals surface area contributed by atoms with Crippen molar-refractivity contribution in [3.8, 4) is 0 Å². The van der Waals surface area contributed by atoms with E-state index in [1.165, 1.54) is 33.7 Å². The van der Waals surface area contributed by atoms with Gasteiger partial charge in [0.05, 0.1) is 15.9 Å². The van der Waals surface area contributed by atoms with Crippen molar-refractivity contribution in [2.75, 3.05) is 5.32 Å². The van der Waals surface area contributed by atoms with Crippen molar-refractivity contribution in [1.82, 2.24) is 14.5 Å². The van der Waals surface area contributed by atoms with Gasteiger partial charge in [-0.15, -0.1) is 15.9 Å². The number of hydrogen-bond donors (Lipinski definition) is 1. The Morgan fingerprint density at radius 1 is 1.06 bits per heavy atom. The van der Waals surface area contributed by atoms with Crippen LogP contribution in [0.2, 0.25) is 0 Å². The van der Waals surface area contributed by atoms with Gasteiger partial charge in [-0.1, -0.05) is 48.2 Å². The fraction of sp³-hybridized carbons (Fsp3) is 0.0769. The molecule has 0 aliphatic heterocycles. The van der Waals surface area contributed by atoms with E-state index in [0.717, 1.165) is 25.3 Å². The highest BCUT2D eigenvalue weighted by molar-refractivity contribution is 8.00. The molecular weight excluding hydrogens is 480 g/mol. The van der Waals surface area contributed by atoms with Gasteiger partial charge in [-0.3, -0.25) is 9.59 Å². The summed E-state index contributed by atoms with van der Waals surface area (Å²) < 4.78 is 8.36. The van der Waals surface area contributed by atoms with Gasteiger partial charge in [0.15, 0.2) is 9.99 Å². The SMILES string of the molecule is Cc1cc2nc(CSc3nc4ccc(NC(=O)c5cccc6ccccc56)cc4s3)cc(=O)n2o1. The van der Waals surface area contributed by atoms with Crippen molar-refractivity contribution in [1.29, 1.82) is 0 Å². The second kappa shape index (κ2) is 8.68. The van der Waals surface area contributed by atoms with E-state index in [4.69, 9.17) is 4.52 Å². The lowest BCUT2D eigenvalue weighted by atomic mass is 10.0. The maximum Gasteiger partial charge on any atom is 0.287 e. The zero-order valence-corrected chi connectivity index (χ0v) is 20.2. The number of rotatable bonds is 5. The molecule has 3 aromatic carbocycles. The predicted molar refractivity (Wildman–Crippen MR) is 140 cm³/mol. The van der Waals surface area contributed by atoms with E-state index >= 15 is 0 Å². The van der Waals surface area contributed by atoms with Crippen molar-refractivity contribution in [3.05, 3.63) is 100 Å². The first-order valence-corrected chi connectivity index (χ1v) is 12.7. The average Bonchev–Trinajstić information content (AvgIpc) is 3.44. The molecule has 0 fully saturated rings. The summed E-state index contributed by atoms with van der Waals surface area (Å²) in [7, 11) is 0. The summed E-state index contributed by atoms with van der Waals surface area (Å²) >= 11 is 3.06. The molecule has 6 rings (SSSR count). The molecule has 0 saturated heterocycles. The Balaban J connectivity index is 1.20. The van der Waals surface area contributed by atoms with Crippen molar-refractivity contribution < 1.29 is 9.32 Å². The number of aromatic nitrogens is 3. The minimum absolute atomic E-state index is 0.150. The van der Waals surface area contributed by atoms with Gasteiger partial charge in [-0.25, -0.2) is 9.97 Å². The number of nitrogens with zero attached hydrogens (tertiary/aromatic N) is 3. The number of anilines is 1. The molecule has 0 radical (unpaired) electrons. The Bertz CT molecular complexity index is 1800. The Hall–Kier alpha value is -3.95. The van der Waals surface area contributed by atoms with E-state index in [9.17, 15) is 9.59 Å². The minimum atomic E-state index is -0.241. The number of aryl methyl sites for hydroxylation is 1. The van der Waals surface area contributed by atoms with Crippen molar-refractivity contribution in [2.24, 2.45) is 0 Å². The number of fused-ring (bicyclic) bond motifs is 3. The molecule has 35 heavy (non-hydrogen) atoms. The van der Waals surface area contributed by atoms with Crippen LogP contribution in [-0.4, -0.2) is 20.4 Å². The van der Waals surface area contributed by atoms with Crippen LogP contribution in [0.4, 0.5) is 5.69 Å². The smallest absolute Gasteiger partial charge is 0.287 e. The molecule has 0 bridgehead atoms. The average molecular weight is 499 g/mol. The number of amides is 1. The fourth-order valence-electron chi connectivity index (χ4n) is 3.95. The van der Waals surface area contributed by atoms with Crippen LogP contribution >= 0.6 is 23.1 Å². The van der Waals surface area contributed by atoms with Crippen LogP contribution in [0.25, 0.3) is 26.6 Å². The first-order chi connectivity index (χ1) is 17.0. The van der Waals surface area contributed by atoms with E-state index in [1.807, 2.05) is 60.7 Å². The second-order valence-electron chi connectivity index (χ2n) is 8.02. The van der Waals surface area contributed by atoms with Crippen LogP contribution in [-0.2, 0) is 5.75 Å². The van der Waals surface area contributed by atoms with Gasteiger partial charge in [0.25, 0.3) is 11.5 Å². The number of thiazole rings is 1. The standard InChI is InChI=1S/C26H18N4O3S2/c1-15-11-23-27-18(13-24(31)30(23)33-15)14-34-26-29-21-10-9-17(12-22(21)35-26)28-25(32)20-8-4-6-16-5-2-3-7-19(16)20/h2-13H,14H2,1H3,(H,28,32).